The lowest BCUT2D eigenvalue weighted by Crippen LogP contribution is -1.94. The molecule has 0 spiro atoms. The van der Waals surface area contributed by atoms with Crippen molar-refractivity contribution in [1.29, 1.82) is 0 Å². The van der Waals surface area contributed by atoms with Gasteiger partial charge in [0.15, 0.2) is 5.65 Å². The van der Waals surface area contributed by atoms with Gasteiger partial charge in [-0.05, 0) is 34.5 Å². The van der Waals surface area contributed by atoms with E-state index in [-0.39, 0.29) is 0 Å². The van der Waals surface area contributed by atoms with Gasteiger partial charge in [0.2, 0.25) is 5.95 Å². The van der Waals surface area contributed by atoms with Gasteiger partial charge in [0.1, 0.15) is 0 Å². The zero-order chi connectivity index (χ0) is 8.72. The Hall–Kier alpha value is -1.10. The van der Waals surface area contributed by atoms with E-state index in [2.05, 4.69) is 26.1 Å². The molecular formula is C7H7BrN4. The van der Waals surface area contributed by atoms with Gasteiger partial charge in [0, 0.05) is 6.20 Å². The lowest BCUT2D eigenvalue weighted by atomic mass is 10.3. The Balaban J connectivity index is 2.93. The van der Waals surface area contributed by atoms with E-state index in [0.717, 1.165) is 15.7 Å². The maximum atomic E-state index is 5.56. The number of aryl methyl sites for hydroxylation is 1. The molecule has 0 bridgehead atoms. The molecule has 4 nitrogen and oxygen atoms in total. The minimum absolute atomic E-state index is 0.408. The Bertz CT molecular complexity index is 434. The molecule has 2 N–H and O–H groups in total. The zero-order valence-corrected chi connectivity index (χ0v) is 8.04. The molecule has 0 aliphatic carbocycles. The first-order chi connectivity index (χ1) is 5.70. The van der Waals surface area contributed by atoms with Gasteiger partial charge in [-0.15, -0.1) is 10.2 Å². The summed E-state index contributed by atoms with van der Waals surface area (Å²) >= 11 is 3.42. The van der Waals surface area contributed by atoms with E-state index in [9.17, 15) is 0 Å². The van der Waals surface area contributed by atoms with Gasteiger partial charge in [-0.3, -0.25) is 4.40 Å². The summed E-state index contributed by atoms with van der Waals surface area (Å²) < 4.78 is 2.67. The summed E-state index contributed by atoms with van der Waals surface area (Å²) in [6.45, 7) is 1.99. The lowest BCUT2D eigenvalue weighted by Gasteiger charge is -1.98. The van der Waals surface area contributed by atoms with Crippen molar-refractivity contribution in [2.75, 3.05) is 5.73 Å². The first-order valence-corrected chi connectivity index (χ1v) is 4.25. The van der Waals surface area contributed by atoms with Gasteiger partial charge in [0.25, 0.3) is 0 Å². The number of aromatic nitrogens is 3. The summed E-state index contributed by atoms with van der Waals surface area (Å²) in [4.78, 5) is 0. The zero-order valence-electron chi connectivity index (χ0n) is 6.45. The summed E-state index contributed by atoms with van der Waals surface area (Å²) in [5.41, 5.74) is 7.44. The quantitative estimate of drug-likeness (QED) is 0.739. The maximum absolute atomic E-state index is 5.56. The van der Waals surface area contributed by atoms with Gasteiger partial charge in [0.05, 0.1) is 4.47 Å². The fraction of sp³-hybridized carbons (Fsp3) is 0.143. The molecule has 2 aromatic rings. The van der Waals surface area contributed by atoms with E-state index in [1.54, 1.807) is 4.40 Å². The number of halogens is 1. The van der Waals surface area contributed by atoms with E-state index >= 15 is 0 Å². The van der Waals surface area contributed by atoms with Crippen LogP contribution in [0.15, 0.2) is 16.7 Å². The van der Waals surface area contributed by atoms with Crippen molar-refractivity contribution in [3.8, 4) is 0 Å². The highest BCUT2D eigenvalue weighted by molar-refractivity contribution is 9.10. The summed E-state index contributed by atoms with van der Waals surface area (Å²) in [7, 11) is 0. The van der Waals surface area contributed by atoms with Gasteiger partial charge >= 0.3 is 0 Å². The van der Waals surface area contributed by atoms with Crippen molar-refractivity contribution < 1.29 is 0 Å². The molecule has 0 unspecified atom stereocenters. The van der Waals surface area contributed by atoms with Gasteiger partial charge in [-0.25, -0.2) is 0 Å². The second kappa shape index (κ2) is 2.45. The molecule has 0 amide bonds. The number of pyridine rings is 1. The third kappa shape index (κ3) is 0.896. The molecule has 12 heavy (non-hydrogen) atoms. The molecular weight excluding hydrogens is 220 g/mol. The number of nitrogens with zero attached hydrogens (tertiary/aromatic N) is 3. The highest BCUT2D eigenvalue weighted by Crippen LogP contribution is 2.21. The van der Waals surface area contributed by atoms with Crippen LogP contribution in [0.5, 0.6) is 0 Å². The normalized spacial score (nSPS) is 10.8. The largest absolute Gasteiger partial charge is 0.368 e. The van der Waals surface area contributed by atoms with Crippen molar-refractivity contribution in [3.05, 3.63) is 22.3 Å². The summed E-state index contributed by atoms with van der Waals surface area (Å²) in [6.07, 6.45) is 1.85. The van der Waals surface area contributed by atoms with Gasteiger partial charge < -0.3 is 5.73 Å². The second-order valence-electron chi connectivity index (χ2n) is 2.56. The summed E-state index contributed by atoms with van der Waals surface area (Å²) in [5.74, 6) is 0.408. The molecule has 0 atom stereocenters. The third-order valence-corrected chi connectivity index (χ3v) is 2.72. The van der Waals surface area contributed by atoms with Crippen molar-refractivity contribution in [2.45, 2.75) is 6.92 Å². The van der Waals surface area contributed by atoms with Crippen LogP contribution >= 0.6 is 15.9 Å². The molecule has 0 radical (unpaired) electrons. The van der Waals surface area contributed by atoms with E-state index in [0.29, 0.717) is 5.95 Å². The highest BCUT2D eigenvalue weighted by Gasteiger charge is 2.06. The van der Waals surface area contributed by atoms with Crippen LogP contribution in [0.3, 0.4) is 0 Å². The van der Waals surface area contributed by atoms with E-state index in [1.807, 2.05) is 19.2 Å². The monoisotopic (exact) mass is 226 g/mol. The van der Waals surface area contributed by atoms with E-state index in [4.69, 9.17) is 5.73 Å². The molecule has 0 aromatic carbocycles. The Morgan fingerprint density at radius 3 is 3.00 bits per heavy atom. The topological polar surface area (TPSA) is 56.2 Å². The van der Waals surface area contributed by atoms with Crippen molar-refractivity contribution in [3.63, 3.8) is 0 Å². The second-order valence-corrected chi connectivity index (χ2v) is 3.36. The lowest BCUT2D eigenvalue weighted by molar-refractivity contribution is 1.12. The van der Waals surface area contributed by atoms with Crippen LogP contribution < -0.4 is 5.73 Å². The molecule has 0 aliphatic heterocycles. The fourth-order valence-electron chi connectivity index (χ4n) is 1.04. The SMILES string of the molecule is Cc1ccn2c(N)nnc2c1Br. The molecule has 2 rings (SSSR count). The number of hydrogen-bond acceptors (Lipinski definition) is 3. The number of anilines is 1. The highest BCUT2D eigenvalue weighted by atomic mass is 79.9. The van der Waals surface area contributed by atoms with E-state index < -0.39 is 0 Å². The van der Waals surface area contributed by atoms with Crippen LogP contribution in [0.4, 0.5) is 5.95 Å². The standard InChI is InChI=1S/C7H7BrN4/c1-4-2-3-12-6(5(4)8)10-11-7(12)9/h2-3H,1H3,(H2,9,11). The molecule has 5 heteroatoms. The average molecular weight is 227 g/mol. The maximum Gasteiger partial charge on any atom is 0.226 e. The molecule has 2 aromatic heterocycles. The van der Waals surface area contributed by atoms with Gasteiger partial charge in [-0.1, -0.05) is 0 Å². The summed E-state index contributed by atoms with van der Waals surface area (Å²) in [5, 5.41) is 7.68. The number of hydrogen-bond donors (Lipinski definition) is 1. The molecule has 0 saturated heterocycles. The first kappa shape index (κ1) is 7.54. The van der Waals surface area contributed by atoms with Crippen LogP contribution in [-0.4, -0.2) is 14.6 Å². The van der Waals surface area contributed by atoms with Crippen LogP contribution in [0, 0.1) is 6.92 Å². The average Bonchev–Trinajstić information content (AvgIpc) is 2.41. The minimum Gasteiger partial charge on any atom is -0.368 e. The third-order valence-electron chi connectivity index (χ3n) is 1.74. The Labute approximate surface area is 77.5 Å². The predicted molar refractivity (Wildman–Crippen MR) is 49.8 cm³/mol. The number of nitrogens with two attached hydrogens (primary N) is 1. The van der Waals surface area contributed by atoms with Crippen LogP contribution in [-0.2, 0) is 0 Å². The molecule has 62 valence electrons. The fourth-order valence-corrected chi connectivity index (χ4v) is 1.44. The molecule has 0 aliphatic rings. The van der Waals surface area contributed by atoms with Gasteiger partial charge in [-0.2, -0.15) is 0 Å². The Morgan fingerprint density at radius 1 is 1.50 bits per heavy atom. The minimum atomic E-state index is 0.408. The molecule has 2 heterocycles. The van der Waals surface area contributed by atoms with Crippen LogP contribution in [0.25, 0.3) is 5.65 Å². The van der Waals surface area contributed by atoms with Crippen molar-refractivity contribution >= 4 is 27.5 Å². The van der Waals surface area contributed by atoms with Crippen LogP contribution in [0.2, 0.25) is 0 Å². The Morgan fingerprint density at radius 2 is 2.25 bits per heavy atom. The number of nitrogen functional groups attached to an aromatic ring is 1. The first-order valence-electron chi connectivity index (χ1n) is 3.45. The Kier molecular flexibility index (Phi) is 1.54. The van der Waals surface area contributed by atoms with Crippen molar-refractivity contribution in [1.82, 2.24) is 14.6 Å². The number of rotatable bonds is 0. The molecule has 0 fully saturated rings. The smallest absolute Gasteiger partial charge is 0.226 e. The number of fused-ring (bicyclic) bond motifs is 1. The van der Waals surface area contributed by atoms with E-state index in [1.165, 1.54) is 0 Å². The summed E-state index contributed by atoms with van der Waals surface area (Å²) in [6, 6.07) is 1.96. The van der Waals surface area contributed by atoms with Crippen LogP contribution in [0.1, 0.15) is 5.56 Å². The van der Waals surface area contributed by atoms with Crippen molar-refractivity contribution in [2.24, 2.45) is 0 Å². The predicted octanol–water partition coefficient (Wildman–Crippen LogP) is 1.38. The molecule has 0 saturated carbocycles.